The van der Waals surface area contributed by atoms with Crippen LogP contribution in [0.3, 0.4) is 0 Å². The molecule has 2 rings (SSSR count). The summed E-state index contributed by atoms with van der Waals surface area (Å²) in [5.74, 6) is 0. The fourth-order valence-electron chi connectivity index (χ4n) is 2.32. The molecule has 0 spiro atoms. The molecular formula is C13H21NOS. The van der Waals surface area contributed by atoms with Crippen LogP contribution in [0.5, 0.6) is 0 Å². The van der Waals surface area contributed by atoms with E-state index in [1.54, 1.807) is 11.3 Å². The zero-order chi connectivity index (χ0) is 11.4. The molecule has 1 N–H and O–H groups in total. The lowest BCUT2D eigenvalue weighted by Crippen LogP contribution is -2.42. The maximum atomic E-state index is 10.6. The highest BCUT2D eigenvalue weighted by Crippen LogP contribution is 2.35. The van der Waals surface area contributed by atoms with Gasteiger partial charge in [0.25, 0.3) is 0 Å². The molecule has 0 bridgehead atoms. The van der Waals surface area contributed by atoms with Crippen LogP contribution in [0.15, 0.2) is 17.5 Å². The van der Waals surface area contributed by atoms with Crippen LogP contribution in [0.4, 0.5) is 0 Å². The van der Waals surface area contributed by atoms with Crippen LogP contribution in [0.25, 0.3) is 0 Å². The highest BCUT2D eigenvalue weighted by Gasteiger charge is 2.34. The highest BCUT2D eigenvalue weighted by molar-refractivity contribution is 7.10. The first-order chi connectivity index (χ1) is 7.74. The van der Waals surface area contributed by atoms with Crippen molar-refractivity contribution in [2.24, 2.45) is 0 Å². The second-order valence-corrected chi connectivity index (χ2v) is 5.65. The van der Waals surface area contributed by atoms with Crippen LogP contribution in [-0.4, -0.2) is 29.6 Å². The SMILES string of the molecule is CCCCN1CCC(O)(c2cccs2)CC1. The number of hydrogen-bond acceptors (Lipinski definition) is 3. The molecule has 1 aliphatic heterocycles. The molecule has 0 radical (unpaired) electrons. The molecule has 2 heterocycles. The largest absolute Gasteiger partial charge is 0.384 e. The monoisotopic (exact) mass is 239 g/mol. The number of piperidine rings is 1. The topological polar surface area (TPSA) is 23.5 Å². The number of aliphatic hydroxyl groups is 1. The zero-order valence-electron chi connectivity index (χ0n) is 9.98. The Kier molecular flexibility index (Phi) is 4.00. The maximum Gasteiger partial charge on any atom is 0.101 e. The van der Waals surface area contributed by atoms with Crippen molar-refractivity contribution < 1.29 is 5.11 Å². The molecule has 0 aromatic carbocycles. The molecule has 0 unspecified atom stereocenters. The lowest BCUT2D eigenvalue weighted by molar-refractivity contribution is -0.0230. The standard InChI is InChI=1S/C13H21NOS/c1-2-3-8-14-9-6-13(15,7-10-14)12-5-4-11-16-12/h4-5,11,15H,2-3,6-10H2,1H3. The van der Waals surface area contributed by atoms with E-state index >= 15 is 0 Å². The van der Waals surface area contributed by atoms with Crippen LogP contribution >= 0.6 is 11.3 Å². The van der Waals surface area contributed by atoms with Crippen molar-refractivity contribution >= 4 is 11.3 Å². The van der Waals surface area contributed by atoms with Crippen molar-refractivity contribution in [2.75, 3.05) is 19.6 Å². The first kappa shape index (κ1) is 12.1. The van der Waals surface area contributed by atoms with Gasteiger partial charge in [-0.25, -0.2) is 0 Å². The minimum Gasteiger partial charge on any atom is -0.384 e. The number of rotatable bonds is 4. The normalized spacial score (nSPS) is 21.1. The van der Waals surface area contributed by atoms with Gasteiger partial charge in [-0.3, -0.25) is 0 Å². The average molecular weight is 239 g/mol. The van der Waals surface area contributed by atoms with Crippen LogP contribution < -0.4 is 0 Å². The van der Waals surface area contributed by atoms with Crippen LogP contribution in [-0.2, 0) is 5.60 Å². The quantitative estimate of drug-likeness (QED) is 0.873. The van der Waals surface area contributed by atoms with Gasteiger partial charge in [-0.2, -0.15) is 0 Å². The third kappa shape index (κ3) is 2.65. The fourth-order valence-corrected chi connectivity index (χ4v) is 3.20. The van der Waals surface area contributed by atoms with E-state index in [0.717, 1.165) is 30.8 Å². The van der Waals surface area contributed by atoms with Gasteiger partial charge < -0.3 is 10.0 Å². The van der Waals surface area contributed by atoms with Crippen LogP contribution in [0, 0.1) is 0 Å². The minimum atomic E-state index is -0.545. The molecule has 0 amide bonds. The number of thiophene rings is 1. The Balaban J connectivity index is 1.89. The summed E-state index contributed by atoms with van der Waals surface area (Å²) in [5, 5.41) is 12.6. The first-order valence-corrected chi connectivity index (χ1v) is 7.11. The van der Waals surface area contributed by atoms with Gasteiger partial charge in [0.05, 0.1) is 0 Å². The summed E-state index contributed by atoms with van der Waals surface area (Å²) >= 11 is 1.68. The third-order valence-corrected chi connectivity index (χ3v) is 4.55. The molecule has 1 aromatic heterocycles. The number of hydrogen-bond donors (Lipinski definition) is 1. The predicted octanol–water partition coefficient (Wildman–Crippen LogP) is 2.83. The van der Waals surface area contributed by atoms with E-state index < -0.39 is 5.60 Å². The first-order valence-electron chi connectivity index (χ1n) is 6.23. The Labute approximate surface area is 102 Å². The van der Waals surface area contributed by atoms with E-state index in [1.807, 2.05) is 6.07 Å². The van der Waals surface area contributed by atoms with E-state index in [4.69, 9.17) is 0 Å². The zero-order valence-corrected chi connectivity index (χ0v) is 10.8. The van der Waals surface area contributed by atoms with Gasteiger partial charge in [0.15, 0.2) is 0 Å². The molecule has 3 heteroatoms. The summed E-state index contributed by atoms with van der Waals surface area (Å²) in [6.07, 6.45) is 4.30. The Morgan fingerprint density at radius 2 is 2.19 bits per heavy atom. The summed E-state index contributed by atoms with van der Waals surface area (Å²) < 4.78 is 0. The number of unbranched alkanes of at least 4 members (excludes halogenated alkanes) is 1. The second kappa shape index (κ2) is 5.30. The molecule has 90 valence electrons. The van der Waals surface area contributed by atoms with Crippen LogP contribution in [0.2, 0.25) is 0 Å². The summed E-state index contributed by atoms with van der Waals surface area (Å²) in [5.41, 5.74) is -0.545. The average Bonchev–Trinajstić information content (AvgIpc) is 2.83. The van der Waals surface area contributed by atoms with Crippen molar-refractivity contribution in [3.05, 3.63) is 22.4 Å². The van der Waals surface area contributed by atoms with Gasteiger partial charge in [0.2, 0.25) is 0 Å². The predicted molar refractivity (Wildman–Crippen MR) is 68.8 cm³/mol. The molecule has 16 heavy (non-hydrogen) atoms. The Bertz CT molecular complexity index is 302. The lowest BCUT2D eigenvalue weighted by atomic mass is 9.90. The van der Waals surface area contributed by atoms with E-state index in [1.165, 1.54) is 19.4 Å². The van der Waals surface area contributed by atoms with Crippen molar-refractivity contribution in [3.63, 3.8) is 0 Å². The van der Waals surface area contributed by atoms with E-state index in [-0.39, 0.29) is 0 Å². The molecule has 1 saturated heterocycles. The summed E-state index contributed by atoms with van der Waals surface area (Å²) in [7, 11) is 0. The molecule has 0 atom stereocenters. The lowest BCUT2D eigenvalue weighted by Gasteiger charge is -2.37. The van der Waals surface area contributed by atoms with E-state index in [9.17, 15) is 5.11 Å². The van der Waals surface area contributed by atoms with Crippen molar-refractivity contribution in [1.82, 2.24) is 4.90 Å². The van der Waals surface area contributed by atoms with Crippen molar-refractivity contribution in [3.8, 4) is 0 Å². The molecule has 1 aliphatic rings. The highest BCUT2D eigenvalue weighted by atomic mass is 32.1. The van der Waals surface area contributed by atoms with Gasteiger partial charge in [0.1, 0.15) is 5.60 Å². The Hall–Kier alpha value is -0.380. The van der Waals surface area contributed by atoms with Gasteiger partial charge in [-0.15, -0.1) is 11.3 Å². The Morgan fingerprint density at radius 1 is 1.44 bits per heavy atom. The maximum absolute atomic E-state index is 10.6. The smallest absolute Gasteiger partial charge is 0.101 e. The van der Waals surface area contributed by atoms with E-state index in [2.05, 4.69) is 23.3 Å². The van der Waals surface area contributed by atoms with Crippen molar-refractivity contribution in [1.29, 1.82) is 0 Å². The van der Waals surface area contributed by atoms with E-state index in [0.29, 0.717) is 0 Å². The summed E-state index contributed by atoms with van der Waals surface area (Å²) in [6.45, 7) is 5.49. The molecule has 0 saturated carbocycles. The molecular weight excluding hydrogens is 218 g/mol. The summed E-state index contributed by atoms with van der Waals surface area (Å²) in [6, 6.07) is 4.09. The van der Waals surface area contributed by atoms with Gasteiger partial charge in [-0.05, 0) is 37.3 Å². The Morgan fingerprint density at radius 3 is 2.75 bits per heavy atom. The molecule has 0 aliphatic carbocycles. The number of nitrogens with zero attached hydrogens (tertiary/aromatic N) is 1. The van der Waals surface area contributed by atoms with Crippen molar-refractivity contribution in [2.45, 2.75) is 38.2 Å². The van der Waals surface area contributed by atoms with Gasteiger partial charge in [-0.1, -0.05) is 19.4 Å². The minimum absolute atomic E-state index is 0.545. The fraction of sp³-hybridized carbons (Fsp3) is 0.692. The van der Waals surface area contributed by atoms with Crippen LogP contribution in [0.1, 0.15) is 37.5 Å². The molecule has 1 fully saturated rings. The summed E-state index contributed by atoms with van der Waals surface area (Å²) in [4.78, 5) is 3.62. The number of likely N-dealkylation sites (tertiary alicyclic amines) is 1. The molecule has 1 aromatic rings. The third-order valence-electron chi connectivity index (χ3n) is 3.49. The second-order valence-electron chi connectivity index (χ2n) is 4.70. The van der Waals surface area contributed by atoms with Gasteiger partial charge >= 0.3 is 0 Å². The molecule has 2 nitrogen and oxygen atoms in total. The van der Waals surface area contributed by atoms with Gasteiger partial charge in [0, 0.05) is 18.0 Å².